The van der Waals surface area contributed by atoms with Crippen LogP contribution in [-0.2, 0) is 16.6 Å². The van der Waals surface area contributed by atoms with Crippen LogP contribution in [0.1, 0.15) is 46.6 Å². The summed E-state index contributed by atoms with van der Waals surface area (Å²) < 4.78 is 44.9. The summed E-state index contributed by atoms with van der Waals surface area (Å²) in [5.74, 6) is -0.106. The predicted octanol–water partition coefficient (Wildman–Crippen LogP) is 3.00. The fourth-order valence-corrected chi connectivity index (χ4v) is 4.95. The molecule has 0 radical (unpaired) electrons. The summed E-state index contributed by atoms with van der Waals surface area (Å²) in [6, 6.07) is 6.03. The molecule has 1 saturated heterocycles. The van der Waals surface area contributed by atoms with E-state index in [9.17, 15) is 17.6 Å². The van der Waals surface area contributed by atoms with Crippen LogP contribution in [0.3, 0.4) is 0 Å². The first-order chi connectivity index (χ1) is 15.6. The van der Waals surface area contributed by atoms with E-state index in [1.54, 1.807) is 19.1 Å². The molecule has 2 unspecified atom stereocenters. The van der Waals surface area contributed by atoms with Gasteiger partial charge in [-0.05, 0) is 37.0 Å². The number of aryl methyl sites for hydroxylation is 1. The van der Waals surface area contributed by atoms with Gasteiger partial charge >= 0.3 is 0 Å². The van der Waals surface area contributed by atoms with Gasteiger partial charge in [-0.1, -0.05) is 19.1 Å². The molecule has 0 amide bonds. The molecular weight excluding hydrogens is 449 g/mol. The number of rotatable bonds is 6. The first kappa shape index (κ1) is 23.1. The Morgan fingerprint density at radius 1 is 1.27 bits per heavy atom. The second kappa shape index (κ2) is 9.06. The number of hydrogen-bond donors (Lipinski definition) is 1. The number of halogens is 1. The number of carbonyl (C=O) groups excluding carboxylic acids is 1. The third-order valence-corrected chi connectivity index (χ3v) is 7.20. The number of anilines is 1. The third-order valence-electron chi connectivity index (χ3n) is 5.93. The maximum Gasteiger partial charge on any atom is 0.284 e. The van der Waals surface area contributed by atoms with Crippen LogP contribution in [0.4, 0.5) is 10.3 Å². The van der Waals surface area contributed by atoms with Crippen molar-refractivity contribution in [3.63, 3.8) is 0 Å². The molecule has 1 aliphatic heterocycles. The van der Waals surface area contributed by atoms with Crippen LogP contribution in [0, 0.1) is 18.7 Å². The third kappa shape index (κ3) is 4.98. The summed E-state index contributed by atoms with van der Waals surface area (Å²) >= 11 is 0. The molecule has 0 aliphatic carbocycles. The number of benzene rings is 1. The van der Waals surface area contributed by atoms with Crippen LogP contribution in [0.5, 0.6) is 0 Å². The molecule has 9 nitrogen and oxygen atoms in total. The molecule has 2 atom stereocenters. The molecule has 1 aliphatic rings. The Morgan fingerprint density at radius 3 is 2.61 bits per heavy atom. The van der Waals surface area contributed by atoms with Crippen LogP contribution < -0.4 is 5.32 Å². The standard InChI is InChI=1S/C22H26FN5O4S/c1-14-11-27(33(3,30)31)9-8-18(14)20-25-22(24-10-16-4-6-17(23)7-5-16)28(26-20)21(29)19-13-32-12-15(19)2/h4-7,12-14,18H,8-11H2,1-3H3,(H,24,25,26). The van der Waals surface area contributed by atoms with Crippen molar-refractivity contribution in [1.29, 1.82) is 0 Å². The number of piperidine rings is 1. The fourth-order valence-electron chi connectivity index (χ4n) is 4.01. The maximum atomic E-state index is 13.2. The zero-order valence-electron chi connectivity index (χ0n) is 18.7. The Kier molecular flexibility index (Phi) is 6.35. The molecule has 1 aromatic carbocycles. The van der Waals surface area contributed by atoms with Crippen molar-refractivity contribution in [3.8, 4) is 0 Å². The molecule has 1 N–H and O–H groups in total. The van der Waals surface area contributed by atoms with Crippen molar-refractivity contribution in [2.24, 2.45) is 5.92 Å². The first-order valence-corrected chi connectivity index (χ1v) is 12.5. The summed E-state index contributed by atoms with van der Waals surface area (Å²) in [5.41, 5.74) is 1.86. The van der Waals surface area contributed by atoms with Gasteiger partial charge in [-0.2, -0.15) is 9.67 Å². The minimum absolute atomic E-state index is 0.0277. The Bertz CT molecular complexity index is 1250. The van der Waals surface area contributed by atoms with E-state index in [0.717, 1.165) is 5.56 Å². The lowest BCUT2D eigenvalue weighted by Gasteiger charge is -2.34. The van der Waals surface area contributed by atoms with E-state index >= 15 is 0 Å². The van der Waals surface area contributed by atoms with E-state index in [4.69, 9.17) is 4.42 Å². The van der Waals surface area contributed by atoms with Crippen LogP contribution >= 0.6 is 0 Å². The Morgan fingerprint density at radius 2 is 2.00 bits per heavy atom. The van der Waals surface area contributed by atoms with E-state index in [2.05, 4.69) is 15.4 Å². The zero-order valence-corrected chi connectivity index (χ0v) is 19.5. The quantitative estimate of drug-likeness (QED) is 0.583. The molecule has 11 heteroatoms. The number of sulfonamides is 1. The second-order valence-electron chi connectivity index (χ2n) is 8.45. The topological polar surface area (TPSA) is 110 Å². The van der Waals surface area contributed by atoms with Crippen LogP contribution in [-0.4, -0.2) is 52.7 Å². The second-order valence-corrected chi connectivity index (χ2v) is 10.4. The van der Waals surface area contributed by atoms with Gasteiger partial charge in [-0.25, -0.2) is 17.1 Å². The number of nitrogens with one attached hydrogen (secondary N) is 1. The molecule has 176 valence electrons. The van der Waals surface area contributed by atoms with E-state index in [-0.39, 0.29) is 29.5 Å². The number of hydrogen-bond acceptors (Lipinski definition) is 7. The number of furan rings is 1. The van der Waals surface area contributed by atoms with Crippen molar-refractivity contribution < 1.29 is 22.0 Å². The summed E-state index contributed by atoms with van der Waals surface area (Å²) in [6.45, 7) is 4.78. The van der Waals surface area contributed by atoms with Crippen molar-refractivity contribution in [2.45, 2.75) is 32.7 Å². The fraction of sp³-hybridized carbons (Fsp3) is 0.409. The smallest absolute Gasteiger partial charge is 0.284 e. The van der Waals surface area contributed by atoms with Gasteiger partial charge in [0.05, 0.1) is 18.1 Å². The molecule has 0 saturated carbocycles. The number of aromatic nitrogens is 3. The van der Waals surface area contributed by atoms with Gasteiger partial charge in [0.2, 0.25) is 16.0 Å². The maximum absolute atomic E-state index is 13.2. The van der Waals surface area contributed by atoms with Gasteiger partial charge in [-0.15, -0.1) is 5.10 Å². The number of nitrogens with zero attached hydrogens (tertiary/aromatic N) is 4. The molecule has 4 rings (SSSR count). The predicted molar refractivity (Wildman–Crippen MR) is 120 cm³/mol. The minimum atomic E-state index is -3.27. The molecule has 2 aromatic heterocycles. The zero-order chi connectivity index (χ0) is 23.8. The molecule has 0 spiro atoms. The van der Waals surface area contributed by atoms with Crippen LogP contribution in [0.2, 0.25) is 0 Å². The average Bonchev–Trinajstić information content (AvgIpc) is 3.38. The normalized spacial score (nSPS) is 19.5. The van der Waals surface area contributed by atoms with Crippen molar-refractivity contribution >= 4 is 21.9 Å². The average molecular weight is 476 g/mol. The van der Waals surface area contributed by atoms with E-state index in [1.165, 1.54) is 39.9 Å². The lowest BCUT2D eigenvalue weighted by molar-refractivity contribution is 0.0945. The van der Waals surface area contributed by atoms with E-state index in [1.807, 2.05) is 6.92 Å². The van der Waals surface area contributed by atoms with Gasteiger partial charge in [0, 0.05) is 31.1 Å². The van der Waals surface area contributed by atoms with Gasteiger partial charge in [0.1, 0.15) is 12.1 Å². The number of carbonyl (C=O) groups is 1. The molecule has 0 bridgehead atoms. The van der Waals surface area contributed by atoms with Crippen molar-refractivity contribution in [1.82, 2.24) is 19.1 Å². The first-order valence-electron chi connectivity index (χ1n) is 10.6. The largest absolute Gasteiger partial charge is 0.471 e. The summed E-state index contributed by atoms with van der Waals surface area (Å²) in [6.07, 6.45) is 4.61. The monoisotopic (exact) mass is 475 g/mol. The Labute approximate surface area is 191 Å². The van der Waals surface area contributed by atoms with Crippen molar-refractivity contribution in [3.05, 3.63) is 65.1 Å². The molecule has 1 fully saturated rings. The van der Waals surface area contributed by atoms with Gasteiger partial charge in [0.15, 0.2) is 5.82 Å². The van der Waals surface area contributed by atoms with Gasteiger partial charge in [-0.3, -0.25) is 4.79 Å². The lowest BCUT2D eigenvalue weighted by Crippen LogP contribution is -2.41. The van der Waals surface area contributed by atoms with E-state index in [0.29, 0.717) is 43.0 Å². The highest BCUT2D eigenvalue weighted by molar-refractivity contribution is 7.88. The molecule has 33 heavy (non-hydrogen) atoms. The SMILES string of the molecule is Cc1cocc1C(=O)n1nc(C2CCN(S(C)(=O)=O)CC2C)nc1NCc1ccc(F)cc1. The molecular formula is C22H26FN5O4S. The highest BCUT2D eigenvalue weighted by Gasteiger charge is 2.34. The lowest BCUT2D eigenvalue weighted by atomic mass is 9.87. The minimum Gasteiger partial charge on any atom is -0.471 e. The van der Waals surface area contributed by atoms with Crippen molar-refractivity contribution in [2.75, 3.05) is 24.7 Å². The Hall–Kier alpha value is -3.05. The summed E-state index contributed by atoms with van der Waals surface area (Å²) in [4.78, 5) is 17.8. The summed E-state index contributed by atoms with van der Waals surface area (Å²) in [7, 11) is -3.27. The van der Waals surface area contributed by atoms with Crippen LogP contribution in [0.25, 0.3) is 0 Å². The van der Waals surface area contributed by atoms with Crippen LogP contribution in [0.15, 0.2) is 41.2 Å². The Balaban J connectivity index is 1.62. The molecule has 3 aromatic rings. The highest BCUT2D eigenvalue weighted by atomic mass is 32.2. The van der Waals surface area contributed by atoms with E-state index < -0.39 is 10.0 Å². The van der Waals surface area contributed by atoms with Gasteiger partial charge in [0.25, 0.3) is 5.91 Å². The van der Waals surface area contributed by atoms with Gasteiger partial charge < -0.3 is 9.73 Å². The summed E-state index contributed by atoms with van der Waals surface area (Å²) in [5, 5.41) is 7.65. The molecule has 3 heterocycles. The highest BCUT2D eigenvalue weighted by Crippen LogP contribution is 2.32.